The number of hydrogen-bond acceptors (Lipinski definition) is 3. The van der Waals surface area contributed by atoms with E-state index in [-0.39, 0.29) is 5.91 Å². The molecule has 1 atom stereocenters. The Morgan fingerprint density at radius 2 is 1.76 bits per heavy atom. The van der Waals surface area contributed by atoms with Gasteiger partial charge in [0.25, 0.3) is 5.91 Å². The molecule has 0 radical (unpaired) electrons. The topological polar surface area (TPSA) is 56.7 Å². The predicted molar refractivity (Wildman–Crippen MR) is 145 cm³/mol. The van der Waals surface area contributed by atoms with Crippen molar-refractivity contribution in [2.24, 2.45) is 4.99 Å². The summed E-state index contributed by atoms with van der Waals surface area (Å²) < 4.78 is 0. The lowest BCUT2D eigenvalue weighted by Gasteiger charge is -2.22. The van der Waals surface area contributed by atoms with Crippen LogP contribution in [-0.2, 0) is 11.2 Å². The number of carbonyl (C=O) groups is 1. The summed E-state index contributed by atoms with van der Waals surface area (Å²) in [5.74, 6) is -0.260. The molecule has 3 aromatic rings. The van der Waals surface area contributed by atoms with Crippen molar-refractivity contribution in [2.45, 2.75) is 12.6 Å². The first kappa shape index (κ1) is 24.5. The van der Waals surface area contributed by atoms with Crippen molar-refractivity contribution in [2.75, 3.05) is 18.5 Å². The molecule has 1 unspecified atom stereocenters. The van der Waals surface area contributed by atoms with Crippen molar-refractivity contribution in [3.8, 4) is 0 Å². The molecule has 1 aliphatic heterocycles. The lowest BCUT2D eigenvalue weighted by molar-refractivity contribution is -0.119. The van der Waals surface area contributed by atoms with E-state index < -0.39 is 6.17 Å². The maximum atomic E-state index is 13.3. The summed E-state index contributed by atoms with van der Waals surface area (Å²) in [4.78, 5) is 19.6. The highest BCUT2D eigenvalue weighted by molar-refractivity contribution is 7.80. The molecule has 0 aliphatic carbocycles. The number of fused-ring (bicyclic) bond motifs is 1. The van der Waals surface area contributed by atoms with Crippen LogP contribution in [0.5, 0.6) is 0 Å². The Hall–Kier alpha value is -2.64. The summed E-state index contributed by atoms with van der Waals surface area (Å²) >= 11 is 24.3. The Kier molecular flexibility index (Phi) is 7.73. The number of carbonyl (C=O) groups excluding carboxylic acids is 1. The quantitative estimate of drug-likeness (QED) is 0.427. The van der Waals surface area contributed by atoms with Crippen LogP contribution in [0.4, 0.5) is 5.69 Å². The van der Waals surface area contributed by atoms with Gasteiger partial charge in [-0.3, -0.25) is 4.79 Å². The summed E-state index contributed by atoms with van der Waals surface area (Å²) in [7, 11) is 1.70. The molecule has 1 heterocycles. The first-order valence-electron chi connectivity index (χ1n) is 10.5. The third-order valence-corrected chi connectivity index (χ3v) is 6.44. The molecule has 3 aromatic carbocycles. The highest BCUT2D eigenvalue weighted by Crippen LogP contribution is 2.31. The van der Waals surface area contributed by atoms with Crippen molar-refractivity contribution in [1.29, 1.82) is 0 Å². The molecule has 1 amide bonds. The van der Waals surface area contributed by atoms with Crippen molar-refractivity contribution in [3.63, 3.8) is 0 Å². The molecule has 0 bridgehead atoms. The third-order valence-electron chi connectivity index (χ3n) is 5.38. The zero-order valence-corrected chi connectivity index (χ0v) is 21.3. The average Bonchev–Trinajstić information content (AvgIpc) is 2.90. The molecular formula is C25H21Cl3N4OS. The van der Waals surface area contributed by atoms with Crippen LogP contribution in [0.2, 0.25) is 15.1 Å². The molecule has 34 heavy (non-hydrogen) atoms. The number of benzene rings is 3. The SMILES string of the molecule is CN1C(=O)C(NC(=S)NCCc2cccc(Cl)c2)N=C(c2ccccc2Cl)c2cc(Cl)ccc21. The molecule has 1 aliphatic rings. The fraction of sp³-hybridized carbons (Fsp3) is 0.160. The number of anilines is 1. The Morgan fingerprint density at radius 3 is 2.53 bits per heavy atom. The fourth-order valence-electron chi connectivity index (χ4n) is 3.70. The van der Waals surface area contributed by atoms with Gasteiger partial charge in [0.1, 0.15) is 0 Å². The highest BCUT2D eigenvalue weighted by Gasteiger charge is 2.31. The van der Waals surface area contributed by atoms with E-state index in [0.717, 1.165) is 12.0 Å². The van der Waals surface area contributed by atoms with E-state index in [1.54, 1.807) is 36.2 Å². The van der Waals surface area contributed by atoms with Gasteiger partial charge in [-0.25, -0.2) is 4.99 Å². The largest absolute Gasteiger partial charge is 0.362 e. The Morgan fingerprint density at radius 1 is 1.00 bits per heavy atom. The van der Waals surface area contributed by atoms with Crippen molar-refractivity contribution in [3.05, 3.63) is 98.5 Å². The number of likely N-dealkylation sites (N-methyl/N-ethyl adjacent to an activating group) is 1. The molecule has 5 nitrogen and oxygen atoms in total. The normalized spacial score (nSPS) is 15.3. The van der Waals surface area contributed by atoms with Gasteiger partial charge in [0, 0.05) is 39.8 Å². The summed E-state index contributed by atoms with van der Waals surface area (Å²) in [6.07, 6.45) is -0.229. The number of aliphatic imine (C=N–C) groups is 1. The number of nitrogens with one attached hydrogen (secondary N) is 2. The van der Waals surface area contributed by atoms with E-state index in [1.807, 2.05) is 42.5 Å². The summed E-state index contributed by atoms with van der Waals surface area (Å²) in [6, 6.07) is 20.3. The van der Waals surface area contributed by atoms with Gasteiger partial charge < -0.3 is 15.5 Å². The van der Waals surface area contributed by atoms with Crippen molar-refractivity contribution < 1.29 is 4.79 Å². The van der Waals surface area contributed by atoms with Crippen LogP contribution in [0.3, 0.4) is 0 Å². The molecule has 0 spiro atoms. The van der Waals surface area contributed by atoms with Gasteiger partial charge in [0.05, 0.1) is 11.4 Å². The molecule has 2 N–H and O–H groups in total. The van der Waals surface area contributed by atoms with Crippen LogP contribution in [-0.4, -0.2) is 36.5 Å². The minimum atomic E-state index is -0.950. The summed E-state index contributed by atoms with van der Waals surface area (Å²) in [5, 5.41) is 8.24. The molecule has 9 heteroatoms. The zero-order chi connectivity index (χ0) is 24.2. The standard InChI is InChI=1S/C25H21Cl3N4OS/c1-32-21-10-9-17(27)14-19(21)22(18-7-2-3-8-20(18)28)30-23(24(32)33)31-25(34)29-12-11-15-5-4-6-16(26)13-15/h2-10,13-14,23H,11-12H2,1H3,(H2,29,31,34). The van der Waals surface area contributed by atoms with Crippen LogP contribution < -0.4 is 15.5 Å². The van der Waals surface area contributed by atoms with Gasteiger partial charge in [0.15, 0.2) is 5.11 Å². The van der Waals surface area contributed by atoms with E-state index >= 15 is 0 Å². The number of hydrogen-bond donors (Lipinski definition) is 2. The third kappa shape index (κ3) is 5.53. The number of amides is 1. The van der Waals surface area contributed by atoms with E-state index in [0.29, 0.717) is 49.3 Å². The van der Waals surface area contributed by atoms with Gasteiger partial charge in [-0.2, -0.15) is 0 Å². The lowest BCUT2D eigenvalue weighted by atomic mass is 10.00. The minimum absolute atomic E-state index is 0.260. The molecule has 4 rings (SSSR count). The predicted octanol–water partition coefficient (Wildman–Crippen LogP) is 5.49. The van der Waals surface area contributed by atoms with Crippen LogP contribution in [0.15, 0.2) is 71.7 Å². The van der Waals surface area contributed by atoms with E-state index in [9.17, 15) is 4.79 Å². The van der Waals surface area contributed by atoms with E-state index in [2.05, 4.69) is 10.6 Å². The number of halogens is 3. The lowest BCUT2D eigenvalue weighted by Crippen LogP contribution is -2.49. The molecule has 0 saturated carbocycles. The number of nitrogens with zero attached hydrogens (tertiary/aromatic N) is 2. The average molecular weight is 532 g/mol. The second kappa shape index (κ2) is 10.7. The van der Waals surface area contributed by atoms with Crippen LogP contribution in [0, 0.1) is 0 Å². The van der Waals surface area contributed by atoms with Crippen LogP contribution in [0.25, 0.3) is 0 Å². The Bertz CT molecular complexity index is 1280. The maximum Gasteiger partial charge on any atom is 0.272 e. The monoisotopic (exact) mass is 530 g/mol. The molecule has 174 valence electrons. The van der Waals surface area contributed by atoms with Gasteiger partial charge >= 0.3 is 0 Å². The first-order chi connectivity index (χ1) is 16.3. The number of benzodiazepines with no additional fused rings is 1. The van der Waals surface area contributed by atoms with Crippen molar-refractivity contribution >= 4 is 69.4 Å². The Labute approximate surface area is 218 Å². The second-order valence-electron chi connectivity index (χ2n) is 7.70. The first-order valence-corrected chi connectivity index (χ1v) is 12.1. The second-order valence-corrected chi connectivity index (χ2v) is 9.39. The van der Waals surface area contributed by atoms with E-state index in [1.165, 1.54) is 0 Å². The molecule has 0 fully saturated rings. The zero-order valence-electron chi connectivity index (χ0n) is 18.2. The fourth-order valence-corrected chi connectivity index (χ4v) is 4.52. The highest BCUT2D eigenvalue weighted by atomic mass is 35.5. The van der Waals surface area contributed by atoms with Crippen LogP contribution in [0.1, 0.15) is 16.7 Å². The van der Waals surface area contributed by atoms with Gasteiger partial charge in [-0.1, -0.05) is 65.1 Å². The van der Waals surface area contributed by atoms with Crippen molar-refractivity contribution in [1.82, 2.24) is 10.6 Å². The van der Waals surface area contributed by atoms with E-state index in [4.69, 9.17) is 52.0 Å². The Balaban J connectivity index is 1.60. The smallest absolute Gasteiger partial charge is 0.272 e. The summed E-state index contributed by atoms with van der Waals surface area (Å²) in [6.45, 7) is 0.569. The van der Waals surface area contributed by atoms with Gasteiger partial charge in [-0.15, -0.1) is 0 Å². The van der Waals surface area contributed by atoms with Gasteiger partial charge in [0.2, 0.25) is 6.17 Å². The van der Waals surface area contributed by atoms with Crippen LogP contribution >= 0.6 is 47.0 Å². The molecule has 0 aromatic heterocycles. The molecular weight excluding hydrogens is 511 g/mol. The minimum Gasteiger partial charge on any atom is -0.362 e. The number of rotatable bonds is 5. The maximum absolute atomic E-state index is 13.3. The number of thiocarbonyl (C=S) groups is 1. The molecule has 0 saturated heterocycles. The summed E-state index contributed by atoms with van der Waals surface area (Å²) in [5.41, 5.74) is 3.72. The van der Waals surface area contributed by atoms with Gasteiger partial charge in [-0.05, 0) is 60.6 Å².